The molecule has 1 unspecified atom stereocenters. The molecule has 0 saturated carbocycles. The van der Waals surface area contributed by atoms with E-state index in [-0.39, 0.29) is 11.9 Å². The first kappa shape index (κ1) is 13.8. The normalized spacial score (nSPS) is 12.8. The summed E-state index contributed by atoms with van der Waals surface area (Å²) in [7, 11) is 0. The van der Waals surface area contributed by atoms with Crippen molar-refractivity contribution < 1.29 is 9.21 Å². The van der Waals surface area contributed by atoms with Gasteiger partial charge in [0.05, 0.1) is 0 Å². The van der Waals surface area contributed by atoms with Crippen molar-refractivity contribution in [3.05, 3.63) is 23.2 Å². The number of aryl methyl sites for hydroxylation is 2. The molecular weight excluding hydrogens is 216 g/mol. The monoisotopic (exact) mass is 238 g/mol. The Balaban J connectivity index is 2.67. The molecular formula is C13H22N2O2. The minimum Gasteiger partial charge on any atom is -0.456 e. The zero-order valence-corrected chi connectivity index (χ0v) is 11.0. The fraction of sp³-hybridized carbons (Fsp3) is 0.615. The van der Waals surface area contributed by atoms with Crippen molar-refractivity contribution in [2.45, 2.75) is 40.2 Å². The second-order valence-electron chi connectivity index (χ2n) is 4.90. The fourth-order valence-electron chi connectivity index (χ4n) is 1.90. The first-order valence-corrected chi connectivity index (χ1v) is 6.02. The third-order valence-electron chi connectivity index (χ3n) is 2.62. The molecule has 4 nitrogen and oxygen atoms in total. The molecule has 0 aliphatic heterocycles. The van der Waals surface area contributed by atoms with E-state index in [0.717, 1.165) is 17.7 Å². The number of carbonyl (C=O) groups excluding carboxylic acids is 1. The van der Waals surface area contributed by atoms with Gasteiger partial charge in [0, 0.05) is 18.2 Å². The zero-order valence-electron chi connectivity index (χ0n) is 11.0. The zero-order chi connectivity index (χ0) is 13.0. The number of amides is 1. The lowest BCUT2D eigenvalue weighted by atomic mass is 10.0. The number of nitrogens with two attached hydrogens (primary N) is 1. The van der Waals surface area contributed by atoms with Gasteiger partial charge < -0.3 is 15.5 Å². The van der Waals surface area contributed by atoms with Crippen LogP contribution < -0.4 is 11.1 Å². The van der Waals surface area contributed by atoms with E-state index in [0.29, 0.717) is 18.2 Å². The van der Waals surface area contributed by atoms with E-state index in [1.54, 1.807) is 0 Å². The molecule has 96 valence electrons. The molecule has 0 radical (unpaired) electrons. The van der Waals surface area contributed by atoms with E-state index in [4.69, 9.17) is 10.2 Å². The van der Waals surface area contributed by atoms with Crippen molar-refractivity contribution >= 4 is 5.91 Å². The standard InChI is InChI=1S/C13H22N2O2/c1-8(2)5-11(7-14)15-13(16)12-9(3)6-10(4)17-12/h6,8,11H,5,7,14H2,1-4H3,(H,15,16). The summed E-state index contributed by atoms with van der Waals surface area (Å²) >= 11 is 0. The first-order chi connectivity index (χ1) is 7.93. The molecule has 0 aromatic carbocycles. The molecule has 1 heterocycles. The maximum absolute atomic E-state index is 12.0. The Morgan fingerprint density at radius 3 is 2.53 bits per heavy atom. The summed E-state index contributed by atoms with van der Waals surface area (Å²) in [4.78, 5) is 12.0. The van der Waals surface area contributed by atoms with Crippen LogP contribution in [0.5, 0.6) is 0 Å². The Morgan fingerprint density at radius 1 is 1.47 bits per heavy atom. The van der Waals surface area contributed by atoms with Crippen LogP contribution in [0.3, 0.4) is 0 Å². The average Bonchev–Trinajstić information content (AvgIpc) is 2.56. The summed E-state index contributed by atoms with van der Waals surface area (Å²) in [5.74, 6) is 1.47. The van der Waals surface area contributed by atoms with E-state index in [1.807, 2.05) is 19.9 Å². The van der Waals surface area contributed by atoms with Gasteiger partial charge in [-0.2, -0.15) is 0 Å². The van der Waals surface area contributed by atoms with Gasteiger partial charge in [0.25, 0.3) is 5.91 Å². The highest BCUT2D eigenvalue weighted by atomic mass is 16.3. The molecule has 0 aliphatic rings. The quantitative estimate of drug-likeness (QED) is 0.824. The lowest BCUT2D eigenvalue weighted by Crippen LogP contribution is -2.41. The van der Waals surface area contributed by atoms with Crippen molar-refractivity contribution in [3.63, 3.8) is 0 Å². The van der Waals surface area contributed by atoms with Gasteiger partial charge in [-0.3, -0.25) is 4.79 Å². The predicted molar refractivity (Wildman–Crippen MR) is 67.9 cm³/mol. The second-order valence-corrected chi connectivity index (χ2v) is 4.90. The average molecular weight is 238 g/mol. The highest BCUT2D eigenvalue weighted by Crippen LogP contribution is 2.14. The van der Waals surface area contributed by atoms with Crippen LogP contribution in [0.2, 0.25) is 0 Å². The van der Waals surface area contributed by atoms with Crippen LogP contribution in [-0.4, -0.2) is 18.5 Å². The summed E-state index contributed by atoms with van der Waals surface area (Å²) in [6, 6.07) is 1.86. The van der Waals surface area contributed by atoms with Crippen LogP contribution in [0, 0.1) is 19.8 Å². The first-order valence-electron chi connectivity index (χ1n) is 6.02. The van der Waals surface area contributed by atoms with Gasteiger partial charge in [-0.15, -0.1) is 0 Å². The Morgan fingerprint density at radius 2 is 2.12 bits per heavy atom. The third kappa shape index (κ3) is 3.89. The number of furan rings is 1. The number of hydrogen-bond acceptors (Lipinski definition) is 3. The molecule has 4 heteroatoms. The second kappa shape index (κ2) is 5.87. The van der Waals surface area contributed by atoms with Gasteiger partial charge in [0.15, 0.2) is 5.76 Å². The Hall–Kier alpha value is -1.29. The minimum absolute atomic E-state index is 0.00676. The molecule has 1 rings (SSSR count). The van der Waals surface area contributed by atoms with Crippen molar-refractivity contribution in [1.29, 1.82) is 0 Å². The van der Waals surface area contributed by atoms with Crippen LogP contribution >= 0.6 is 0 Å². The minimum atomic E-state index is -0.174. The number of hydrogen-bond donors (Lipinski definition) is 2. The van der Waals surface area contributed by atoms with E-state index >= 15 is 0 Å². The molecule has 1 aromatic heterocycles. The molecule has 3 N–H and O–H groups in total. The van der Waals surface area contributed by atoms with E-state index < -0.39 is 0 Å². The largest absolute Gasteiger partial charge is 0.456 e. The number of nitrogens with one attached hydrogen (secondary N) is 1. The summed E-state index contributed by atoms with van der Waals surface area (Å²) < 4.78 is 5.37. The van der Waals surface area contributed by atoms with E-state index in [9.17, 15) is 4.79 Å². The smallest absolute Gasteiger partial charge is 0.287 e. The van der Waals surface area contributed by atoms with Crippen LogP contribution in [-0.2, 0) is 0 Å². The van der Waals surface area contributed by atoms with Gasteiger partial charge >= 0.3 is 0 Å². The maximum Gasteiger partial charge on any atom is 0.287 e. The third-order valence-corrected chi connectivity index (χ3v) is 2.62. The highest BCUT2D eigenvalue weighted by Gasteiger charge is 2.18. The van der Waals surface area contributed by atoms with Gasteiger partial charge in [-0.05, 0) is 32.3 Å². The Labute approximate surface area is 103 Å². The van der Waals surface area contributed by atoms with E-state index in [1.165, 1.54) is 0 Å². The number of rotatable bonds is 5. The summed E-state index contributed by atoms with van der Waals surface area (Å²) in [5, 5.41) is 2.91. The lowest BCUT2D eigenvalue weighted by Gasteiger charge is -2.18. The highest BCUT2D eigenvalue weighted by molar-refractivity contribution is 5.93. The molecule has 1 amide bonds. The molecule has 0 bridgehead atoms. The van der Waals surface area contributed by atoms with Crippen LogP contribution in [0.1, 0.15) is 42.1 Å². The van der Waals surface area contributed by atoms with Crippen LogP contribution in [0.4, 0.5) is 0 Å². The molecule has 1 atom stereocenters. The van der Waals surface area contributed by atoms with Gasteiger partial charge in [0.1, 0.15) is 5.76 Å². The number of carbonyl (C=O) groups is 1. The van der Waals surface area contributed by atoms with Gasteiger partial charge in [0.2, 0.25) is 0 Å². The Kier molecular flexibility index (Phi) is 4.75. The molecule has 0 spiro atoms. The van der Waals surface area contributed by atoms with Crippen molar-refractivity contribution in [2.75, 3.05) is 6.54 Å². The molecule has 0 aliphatic carbocycles. The molecule has 17 heavy (non-hydrogen) atoms. The van der Waals surface area contributed by atoms with Crippen molar-refractivity contribution in [2.24, 2.45) is 11.7 Å². The lowest BCUT2D eigenvalue weighted by molar-refractivity contribution is 0.0903. The Bertz CT molecular complexity index is 383. The van der Waals surface area contributed by atoms with Crippen molar-refractivity contribution in [3.8, 4) is 0 Å². The topological polar surface area (TPSA) is 68.3 Å². The summed E-state index contributed by atoms with van der Waals surface area (Å²) in [5.41, 5.74) is 6.51. The van der Waals surface area contributed by atoms with Crippen molar-refractivity contribution in [1.82, 2.24) is 5.32 Å². The fourth-order valence-corrected chi connectivity index (χ4v) is 1.90. The van der Waals surface area contributed by atoms with Gasteiger partial charge in [-0.25, -0.2) is 0 Å². The molecule has 0 saturated heterocycles. The summed E-state index contributed by atoms with van der Waals surface area (Å²) in [6.07, 6.45) is 0.876. The van der Waals surface area contributed by atoms with Gasteiger partial charge in [-0.1, -0.05) is 13.8 Å². The predicted octanol–water partition coefficient (Wildman–Crippen LogP) is 2.00. The van der Waals surface area contributed by atoms with Crippen LogP contribution in [0.15, 0.2) is 10.5 Å². The maximum atomic E-state index is 12.0. The summed E-state index contributed by atoms with van der Waals surface area (Å²) in [6.45, 7) is 8.36. The molecule has 0 fully saturated rings. The SMILES string of the molecule is Cc1cc(C)c(C(=O)NC(CN)CC(C)C)o1. The van der Waals surface area contributed by atoms with Crippen LogP contribution in [0.25, 0.3) is 0 Å². The molecule has 1 aromatic rings. The van der Waals surface area contributed by atoms with E-state index in [2.05, 4.69) is 19.2 Å².